The largest absolute Gasteiger partial charge is 0.481 e. The Morgan fingerprint density at radius 3 is 2.50 bits per heavy atom. The number of carboxylic acids is 1. The van der Waals surface area contributed by atoms with Gasteiger partial charge in [0.2, 0.25) is 5.91 Å². The van der Waals surface area contributed by atoms with Crippen molar-refractivity contribution in [2.45, 2.75) is 51.4 Å². The van der Waals surface area contributed by atoms with Gasteiger partial charge in [-0.1, -0.05) is 12.8 Å². The average molecular weight is 251 g/mol. The lowest BCUT2D eigenvalue weighted by atomic mass is 9.82. The lowest BCUT2D eigenvalue weighted by Gasteiger charge is -2.22. The first-order chi connectivity index (χ1) is 8.60. The first-order valence-electron chi connectivity index (χ1n) is 6.54. The molecule has 1 rings (SSSR count). The summed E-state index contributed by atoms with van der Waals surface area (Å²) in [7, 11) is 0. The summed E-state index contributed by atoms with van der Waals surface area (Å²) < 4.78 is 0. The van der Waals surface area contributed by atoms with Crippen LogP contribution in [-0.4, -0.2) is 23.5 Å². The van der Waals surface area contributed by atoms with Crippen LogP contribution in [0.5, 0.6) is 0 Å². The predicted molar refractivity (Wildman–Crippen MR) is 68.8 cm³/mol. The summed E-state index contributed by atoms with van der Waals surface area (Å²) in [4.78, 5) is 23.0. The topological polar surface area (TPSA) is 66.4 Å². The molecule has 0 aromatic heterocycles. The smallest absolute Gasteiger partial charge is 0.310 e. The van der Waals surface area contributed by atoms with Crippen molar-refractivity contribution in [1.29, 1.82) is 0 Å². The van der Waals surface area contributed by atoms with Gasteiger partial charge >= 0.3 is 5.97 Å². The van der Waals surface area contributed by atoms with Gasteiger partial charge in [0.25, 0.3) is 0 Å². The van der Waals surface area contributed by atoms with E-state index in [1.807, 2.05) is 0 Å². The Balaban J connectivity index is 2.30. The minimum Gasteiger partial charge on any atom is -0.481 e. The van der Waals surface area contributed by atoms with Crippen molar-refractivity contribution in [3.63, 3.8) is 0 Å². The van der Waals surface area contributed by atoms with Crippen molar-refractivity contribution in [3.05, 3.63) is 0 Å². The highest BCUT2D eigenvalue weighted by molar-refractivity contribution is 5.85. The molecule has 0 heterocycles. The molecule has 0 atom stereocenters. The number of carboxylic acid groups (broad SMARTS) is 1. The average Bonchev–Trinajstić information content (AvgIpc) is 2.78. The lowest BCUT2D eigenvalue weighted by molar-refractivity contribution is -0.151. The van der Waals surface area contributed by atoms with Gasteiger partial charge in [0.05, 0.1) is 5.41 Å². The molecule has 0 bridgehead atoms. The van der Waals surface area contributed by atoms with Gasteiger partial charge in [0.15, 0.2) is 0 Å². The normalized spacial score (nSPS) is 17.1. The van der Waals surface area contributed by atoms with Crippen LogP contribution in [0.3, 0.4) is 0 Å². The number of hydrogen-bond donors (Lipinski definition) is 2. The van der Waals surface area contributed by atoms with E-state index in [1.165, 1.54) is 0 Å². The zero-order valence-electron chi connectivity index (χ0n) is 10.7. The number of nitrogens with one attached hydrogen (secondary N) is 1. The maximum absolute atomic E-state index is 11.7. The number of unbranched alkanes of at least 4 members (excludes halogenated alkanes) is 2. The van der Waals surface area contributed by atoms with Gasteiger partial charge in [-0.3, -0.25) is 9.59 Å². The molecule has 2 N–H and O–H groups in total. The molecule has 1 aliphatic rings. The highest BCUT2D eigenvalue weighted by Crippen LogP contribution is 2.41. The van der Waals surface area contributed by atoms with Gasteiger partial charge in [0.1, 0.15) is 0 Å². The molecule has 0 aromatic rings. The number of carbonyl (C=O) groups excluding carboxylic acids is 1. The molecule has 18 heavy (non-hydrogen) atoms. The number of terminal acetylenes is 1. The summed E-state index contributed by atoms with van der Waals surface area (Å²) in [6.45, 7) is 0.580. The molecule has 0 aliphatic heterocycles. The Morgan fingerprint density at radius 1 is 1.28 bits per heavy atom. The fourth-order valence-corrected chi connectivity index (χ4v) is 2.47. The maximum Gasteiger partial charge on any atom is 0.310 e. The molecule has 0 saturated heterocycles. The fraction of sp³-hybridized carbons (Fsp3) is 0.714. The monoisotopic (exact) mass is 251 g/mol. The Labute approximate surface area is 108 Å². The van der Waals surface area contributed by atoms with Crippen LogP contribution in [0.15, 0.2) is 0 Å². The van der Waals surface area contributed by atoms with Crippen LogP contribution in [0, 0.1) is 17.8 Å². The van der Waals surface area contributed by atoms with Crippen LogP contribution >= 0.6 is 0 Å². The summed E-state index contributed by atoms with van der Waals surface area (Å²) >= 11 is 0. The number of aliphatic carboxylic acids is 1. The Morgan fingerprint density at radius 2 is 1.94 bits per heavy atom. The summed E-state index contributed by atoms with van der Waals surface area (Å²) in [5, 5.41) is 12.0. The van der Waals surface area contributed by atoms with Crippen molar-refractivity contribution < 1.29 is 14.7 Å². The van der Waals surface area contributed by atoms with Gasteiger partial charge in [0, 0.05) is 19.4 Å². The van der Waals surface area contributed by atoms with E-state index in [9.17, 15) is 14.7 Å². The zero-order chi connectivity index (χ0) is 13.4. The van der Waals surface area contributed by atoms with E-state index in [2.05, 4.69) is 11.2 Å². The molecule has 0 unspecified atom stereocenters. The van der Waals surface area contributed by atoms with Crippen molar-refractivity contribution >= 4 is 11.9 Å². The van der Waals surface area contributed by atoms with Gasteiger partial charge in [-0.05, 0) is 25.7 Å². The minimum absolute atomic E-state index is 0.109. The fourth-order valence-electron chi connectivity index (χ4n) is 2.47. The van der Waals surface area contributed by atoms with Gasteiger partial charge in [-0.2, -0.15) is 0 Å². The van der Waals surface area contributed by atoms with Crippen molar-refractivity contribution in [2.75, 3.05) is 6.54 Å². The summed E-state index contributed by atoms with van der Waals surface area (Å²) in [5.74, 6) is 1.56. The number of amides is 1. The van der Waals surface area contributed by atoms with Crippen LogP contribution in [0.2, 0.25) is 0 Å². The highest BCUT2D eigenvalue weighted by atomic mass is 16.4. The summed E-state index contributed by atoms with van der Waals surface area (Å²) in [6.07, 6.45) is 10.7. The highest BCUT2D eigenvalue weighted by Gasteiger charge is 2.42. The van der Waals surface area contributed by atoms with Gasteiger partial charge in [-0.25, -0.2) is 0 Å². The van der Waals surface area contributed by atoms with E-state index in [1.54, 1.807) is 0 Å². The first-order valence-corrected chi connectivity index (χ1v) is 6.54. The molecule has 4 heteroatoms. The zero-order valence-corrected chi connectivity index (χ0v) is 10.7. The predicted octanol–water partition coefficient (Wildman–Crippen LogP) is 1.94. The van der Waals surface area contributed by atoms with Crippen LogP contribution in [0.4, 0.5) is 0 Å². The Hall–Kier alpha value is -1.50. The van der Waals surface area contributed by atoms with E-state index in [4.69, 9.17) is 6.42 Å². The molecule has 1 aliphatic carbocycles. The molecule has 1 saturated carbocycles. The van der Waals surface area contributed by atoms with Crippen LogP contribution in [0.1, 0.15) is 51.4 Å². The third-order valence-electron chi connectivity index (χ3n) is 3.58. The van der Waals surface area contributed by atoms with Crippen molar-refractivity contribution in [2.24, 2.45) is 5.41 Å². The van der Waals surface area contributed by atoms with E-state index < -0.39 is 11.4 Å². The van der Waals surface area contributed by atoms with Gasteiger partial charge < -0.3 is 10.4 Å². The van der Waals surface area contributed by atoms with Gasteiger partial charge in [-0.15, -0.1) is 12.3 Å². The van der Waals surface area contributed by atoms with Crippen LogP contribution < -0.4 is 5.32 Å². The van der Waals surface area contributed by atoms with E-state index in [0.29, 0.717) is 19.4 Å². The molecule has 0 radical (unpaired) electrons. The van der Waals surface area contributed by atoms with E-state index >= 15 is 0 Å². The second-order valence-electron chi connectivity index (χ2n) is 4.98. The third kappa shape index (κ3) is 4.06. The quantitative estimate of drug-likeness (QED) is 0.537. The number of rotatable bonds is 7. The summed E-state index contributed by atoms with van der Waals surface area (Å²) in [6, 6.07) is 0. The van der Waals surface area contributed by atoms with Crippen molar-refractivity contribution in [1.82, 2.24) is 5.32 Å². The standard InChI is InChI=1S/C14H21NO3/c1-2-3-4-7-10-15-12(16)11-14(13(17)18)8-5-6-9-14/h1H,3-11H2,(H,15,16)(H,17,18). The SMILES string of the molecule is C#CCCCCNC(=O)CC1(C(=O)O)CCCC1. The number of carbonyl (C=O) groups is 2. The molecule has 1 amide bonds. The Kier molecular flexibility index (Phi) is 5.70. The van der Waals surface area contributed by atoms with Crippen LogP contribution in [-0.2, 0) is 9.59 Å². The molecular formula is C14H21NO3. The Bertz CT molecular complexity index is 337. The summed E-state index contributed by atoms with van der Waals surface area (Å²) in [5.41, 5.74) is -0.817. The molecule has 0 spiro atoms. The third-order valence-corrected chi connectivity index (χ3v) is 3.58. The molecule has 1 fully saturated rings. The minimum atomic E-state index is -0.831. The molecular weight excluding hydrogens is 230 g/mol. The first kappa shape index (κ1) is 14.6. The number of hydrogen-bond acceptors (Lipinski definition) is 2. The van der Waals surface area contributed by atoms with E-state index in [0.717, 1.165) is 32.1 Å². The molecule has 4 nitrogen and oxygen atoms in total. The lowest BCUT2D eigenvalue weighted by Crippen LogP contribution is -2.36. The molecule has 100 valence electrons. The van der Waals surface area contributed by atoms with Crippen molar-refractivity contribution in [3.8, 4) is 12.3 Å². The second-order valence-corrected chi connectivity index (χ2v) is 4.98. The van der Waals surface area contributed by atoms with E-state index in [-0.39, 0.29) is 12.3 Å². The maximum atomic E-state index is 11.7. The second kappa shape index (κ2) is 7.05. The van der Waals surface area contributed by atoms with Crippen LogP contribution in [0.25, 0.3) is 0 Å². The molecule has 0 aromatic carbocycles.